The van der Waals surface area contributed by atoms with Crippen LogP contribution in [0.15, 0.2) is 48.8 Å². The molecule has 1 N–H and O–H groups in total. The Hall–Kier alpha value is -2.36. The van der Waals surface area contributed by atoms with E-state index in [-0.39, 0.29) is 11.4 Å². The number of nitrogens with one attached hydrogen (secondary N) is 1. The number of hydrogen-bond acceptors (Lipinski definition) is 3. The smallest absolute Gasteiger partial charge is 0.251 e. The number of aromatic nitrogens is 1. The first-order chi connectivity index (χ1) is 10.0. The Morgan fingerprint density at radius 3 is 2.52 bits per heavy atom. The molecule has 4 nitrogen and oxygen atoms in total. The van der Waals surface area contributed by atoms with Gasteiger partial charge in [0.15, 0.2) is 0 Å². The van der Waals surface area contributed by atoms with E-state index in [1.807, 2.05) is 38.1 Å². The van der Waals surface area contributed by atoms with Crippen LogP contribution in [0.4, 0.5) is 0 Å². The molecule has 0 radical (unpaired) electrons. The second kappa shape index (κ2) is 6.39. The Morgan fingerprint density at radius 2 is 1.86 bits per heavy atom. The van der Waals surface area contributed by atoms with E-state index in [9.17, 15) is 4.79 Å². The lowest BCUT2D eigenvalue weighted by Crippen LogP contribution is -2.45. The molecule has 0 aliphatic heterocycles. The molecule has 0 saturated heterocycles. The highest BCUT2D eigenvalue weighted by atomic mass is 16.5. The molecule has 0 saturated carbocycles. The van der Waals surface area contributed by atoms with Crippen LogP contribution in [0.5, 0.6) is 5.75 Å². The Bertz CT molecular complexity index is 609. The first kappa shape index (κ1) is 15.0. The zero-order valence-corrected chi connectivity index (χ0v) is 12.6. The first-order valence-electron chi connectivity index (χ1n) is 6.86. The lowest BCUT2D eigenvalue weighted by Gasteiger charge is -2.27. The van der Waals surface area contributed by atoms with Crippen LogP contribution < -0.4 is 10.1 Å². The van der Waals surface area contributed by atoms with Crippen molar-refractivity contribution in [1.29, 1.82) is 0 Å². The summed E-state index contributed by atoms with van der Waals surface area (Å²) < 4.78 is 5.36. The molecule has 1 aromatic heterocycles. The minimum Gasteiger partial charge on any atom is -0.496 e. The largest absolute Gasteiger partial charge is 0.496 e. The van der Waals surface area contributed by atoms with Crippen LogP contribution in [-0.4, -0.2) is 23.5 Å². The van der Waals surface area contributed by atoms with E-state index < -0.39 is 0 Å². The standard InChI is InChI=1S/C17H20N2O2/c1-17(2,12-14-6-4-5-7-15(14)21-3)19-16(20)13-8-10-18-11-9-13/h4-11H,12H2,1-3H3,(H,19,20). The highest BCUT2D eigenvalue weighted by Gasteiger charge is 2.23. The molecule has 21 heavy (non-hydrogen) atoms. The molecule has 0 aliphatic carbocycles. The molecule has 4 heteroatoms. The number of para-hydroxylation sites is 1. The Morgan fingerprint density at radius 1 is 1.19 bits per heavy atom. The lowest BCUT2D eigenvalue weighted by atomic mass is 9.94. The Balaban J connectivity index is 2.10. The second-order valence-electron chi connectivity index (χ2n) is 5.56. The summed E-state index contributed by atoms with van der Waals surface area (Å²) in [5.74, 6) is 0.737. The lowest BCUT2D eigenvalue weighted by molar-refractivity contribution is 0.0912. The molecule has 0 bridgehead atoms. The van der Waals surface area contributed by atoms with Crippen LogP contribution in [0.1, 0.15) is 29.8 Å². The molecular formula is C17H20N2O2. The summed E-state index contributed by atoms with van der Waals surface area (Å²) in [4.78, 5) is 16.2. The molecule has 0 unspecified atom stereocenters. The average molecular weight is 284 g/mol. The van der Waals surface area contributed by atoms with Gasteiger partial charge in [0, 0.05) is 23.5 Å². The molecule has 0 spiro atoms. The van der Waals surface area contributed by atoms with Crippen molar-refractivity contribution in [3.8, 4) is 5.75 Å². The third-order valence-corrected chi connectivity index (χ3v) is 3.22. The maximum absolute atomic E-state index is 12.2. The maximum Gasteiger partial charge on any atom is 0.251 e. The van der Waals surface area contributed by atoms with E-state index >= 15 is 0 Å². The van der Waals surface area contributed by atoms with Crippen LogP contribution in [0.25, 0.3) is 0 Å². The van der Waals surface area contributed by atoms with Gasteiger partial charge in [-0.3, -0.25) is 9.78 Å². The number of carbonyl (C=O) groups is 1. The normalized spacial score (nSPS) is 11.0. The molecule has 0 atom stereocenters. The first-order valence-corrected chi connectivity index (χ1v) is 6.86. The fraction of sp³-hybridized carbons (Fsp3) is 0.294. The summed E-state index contributed by atoms with van der Waals surface area (Å²) in [5, 5.41) is 3.05. The number of hydrogen-bond donors (Lipinski definition) is 1. The van der Waals surface area contributed by atoms with Crippen LogP contribution >= 0.6 is 0 Å². The molecule has 1 amide bonds. The SMILES string of the molecule is COc1ccccc1CC(C)(C)NC(=O)c1ccncc1. The van der Waals surface area contributed by atoms with Gasteiger partial charge >= 0.3 is 0 Å². The summed E-state index contributed by atoms with van der Waals surface area (Å²) >= 11 is 0. The number of ether oxygens (including phenoxy) is 1. The number of methoxy groups -OCH3 is 1. The van der Waals surface area contributed by atoms with E-state index in [1.54, 1.807) is 31.6 Å². The van der Waals surface area contributed by atoms with Crippen LogP contribution in [0.3, 0.4) is 0 Å². The fourth-order valence-corrected chi connectivity index (χ4v) is 2.25. The van der Waals surface area contributed by atoms with Gasteiger partial charge in [0.2, 0.25) is 0 Å². The van der Waals surface area contributed by atoms with Gasteiger partial charge in [-0.1, -0.05) is 18.2 Å². The highest BCUT2D eigenvalue weighted by molar-refractivity contribution is 5.94. The molecule has 2 rings (SSSR count). The van der Waals surface area contributed by atoms with Crippen molar-refractivity contribution in [2.75, 3.05) is 7.11 Å². The van der Waals surface area contributed by atoms with Crippen molar-refractivity contribution in [1.82, 2.24) is 10.3 Å². The van der Waals surface area contributed by atoms with Crippen molar-refractivity contribution in [2.45, 2.75) is 25.8 Å². The van der Waals surface area contributed by atoms with Gasteiger partial charge in [-0.15, -0.1) is 0 Å². The number of benzene rings is 1. The van der Waals surface area contributed by atoms with Gasteiger partial charge in [-0.05, 0) is 44.0 Å². The molecule has 2 aromatic rings. The van der Waals surface area contributed by atoms with Gasteiger partial charge in [0.1, 0.15) is 5.75 Å². The van der Waals surface area contributed by atoms with Crippen LogP contribution in [0, 0.1) is 0 Å². The van der Waals surface area contributed by atoms with E-state index in [0.29, 0.717) is 12.0 Å². The topological polar surface area (TPSA) is 51.2 Å². The molecular weight excluding hydrogens is 264 g/mol. The van der Waals surface area contributed by atoms with Crippen molar-refractivity contribution in [2.24, 2.45) is 0 Å². The Labute approximate surface area is 125 Å². The molecule has 1 aromatic carbocycles. The predicted octanol–water partition coefficient (Wildman–Crippen LogP) is 2.84. The van der Waals surface area contributed by atoms with E-state index in [0.717, 1.165) is 11.3 Å². The quantitative estimate of drug-likeness (QED) is 0.918. The van der Waals surface area contributed by atoms with Gasteiger partial charge in [0.25, 0.3) is 5.91 Å². The van der Waals surface area contributed by atoms with E-state index in [2.05, 4.69) is 10.3 Å². The fourth-order valence-electron chi connectivity index (χ4n) is 2.25. The van der Waals surface area contributed by atoms with Crippen molar-refractivity contribution >= 4 is 5.91 Å². The summed E-state index contributed by atoms with van der Waals surface area (Å²) in [6, 6.07) is 11.3. The minimum absolute atomic E-state index is 0.0997. The Kier molecular flexibility index (Phi) is 4.58. The van der Waals surface area contributed by atoms with Crippen molar-refractivity contribution in [3.05, 3.63) is 59.9 Å². The third-order valence-electron chi connectivity index (χ3n) is 3.22. The van der Waals surface area contributed by atoms with Gasteiger partial charge < -0.3 is 10.1 Å². The van der Waals surface area contributed by atoms with Gasteiger partial charge in [0.05, 0.1) is 7.11 Å². The minimum atomic E-state index is -0.380. The molecule has 1 heterocycles. The maximum atomic E-state index is 12.2. The zero-order chi connectivity index (χ0) is 15.3. The van der Waals surface area contributed by atoms with Crippen molar-refractivity contribution < 1.29 is 9.53 Å². The zero-order valence-electron chi connectivity index (χ0n) is 12.6. The van der Waals surface area contributed by atoms with Gasteiger partial charge in [-0.2, -0.15) is 0 Å². The van der Waals surface area contributed by atoms with Crippen LogP contribution in [-0.2, 0) is 6.42 Å². The number of nitrogens with zero attached hydrogens (tertiary/aromatic N) is 1. The average Bonchev–Trinajstić information content (AvgIpc) is 2.47. The number of carbonyl (C=O) groups excluding carboxylic acids is 1. The summed E-state index contributed by atoms with van der Waals surface area (Å²) in [7, 11) is 1.65. The van der Waals surface area contributed by atoms with Crippen molar-refractivity contribution in [3.63, 3.8) is 0 Å². The third kappa shape index (κ3) is 4.05. The number of pyridine rings is 1. The number of rotatable bonds is 5. The predicted molar refractivity (Wildman–Crippen MR) is 82.5 cm³/mol. The van der Waals surface area contributed by atoms with E-state index in [4.69, 9.17) is 4.74 Å². The molecule has 110 valence electrons. The van der Waals surface area contributed by atoms with Crippen LogP contribution in [0.2, 0.25) is 0 Å². The molecule has 0 fully saturated rings. The monoisotopic (exact) mass is 284 g/mol. The van der Waals surface area contributed by atoms with Gasteiger partial charge in [-0.25, -0.2) is 0 Å². The van der Waals surface area contributed by atoms with E-state index in [1.165, 1.54) is 0 Å². The second-order valence-corrected chi connectivity index (χ2v) is 5.56. The summed E-state index contributed by atoms with van der Waals surface area (Å²) in [6.45, 7) is 4.00. The molecule has 0 aliphatic rings. The number of amides is 1. The summed E-state index contributed by atoms with van der Waals surface area (Å²) in [6.07, 6.45) is 3.91. The summed E-state index contributed by atoms with van der Waals surface area (Å²) in [5.41, 5.74) is 1.30. The highest BCUT2D eigenvalue weighted by Crippen LogP contribution is 2.22.